The molecule has 0 heterocycles. The summed E-state index contributed by atoms with van der Waals surface area (Å²) in [5.74, 6) is 0. The van der Waals surface area contributed by atoms with E-state index < -0.39 is 0 Å². The third kappa shape index (κ3) is 6.22. The second kappa shape index (κ2) is 7.21. The summed E-state index contributed by atoms with van der Waals surface area (Å²) < 4.78 is 14.9. The zero-order valence-corrected chi connectivity index (χ0v) is 8.04. The predicted octanol–water partition coefficient (Wildman–Crippen LogP) is -0.0498. The molecule has 0 aromatic rings. The molecule has 0 aliphatic carbocycles. The molecule has 0 aromatic heterocycles. The highest BCUT2D eigenvalue weighted by Crippen LogP contribution is 1.91. The van der Waals surface area contributed by atoms with Gasteiger partial charge in [0, 0.05) is 13.7 Å². The first-order chi connectivity index (χ1) is 4.81. The Hall–Kier alpha value is 0.0969. The van der Waals surface area contributed by atoms with Gasteiger partial charge in [-0.25, -0.2) is 0 Å². The summed E-state index contributed by atoms with van der Waals surface area (Å²) in [7, 11) is 3.13. The number of ether oxygens (including phenoxy) is 2. The molecule has 0 amide bonds. The Bertz CT molecular complexity index is 70.0. The van der Waals surface area contributed by atoms with Crippen LogP contribution in [0, 0.1) is 0 Å². The molecule has 0 aliphatic rings. The van der Waals surface area contributed by atoms with Crippen molar-refractivity contribution in [2.75, 3.05) is 20.3 Å². The maximum absolute atomic E-state index is 5.19. The molecule has 1 atom stereocenters. The number of rotatable bonds is 6. The first-order valence-corrected chi connectivity index (χ1v) is 3.90. The summed E-state index contributed by atoms with van der Waals surface area (Å²) in [5.41, 5.74) is 0. The van der Waals surface area contributed by atoms with Crippen molar-refractivity contribution in [3.05, 3.63) is 0 Å². The van der Waals surface area contributed by atoms with Gasteiger partial charge < -0.3 is 13.9 Å². The highest BCUT2D eigenvalue weighted by Gasteiger charge is 1.96. The molecule has 0 saturated heterocycles. The Balaban J connectivity index is 2.89. The standard InChI is InChI=1S/C6H15O3Si/c1-6(7-2)8-4-3-5-9-10/h6H,3-5,10H2,1-2H3. The molecule has 1 radical (unpaired) electrons. The van der Waals surface area contributed by atoms with Crippen LogP contribution < -0.4 is 0 Å². The van der Waals surface area contributed by atoms with Crippen LogP contribution in [0.15, 0.2) is 0 Å². The molecule has 0 bridgehead atoms. The molecular formula is C6H15O3Si. The van der Waals surface area contributed by atoms with E-state index in [1.54, 1.807) is 7.11 Å². The minimum atomic E-state index is -0.0979. The van der Waals surface area contributed by atoms with E-state index in [0.717, 1.165) is 13.0 Å². The molecule has 0 fully saturated rings. The number of hydrogen-bond donors (Lipinski definition) is 0. The molecule has 0 rings (SSSR count). The highest BCUT2D eigenvalue weighted by atomic mass is 28.2. The lowest BCUT2D eigenvalue weighted by Crippen LogP contribution is -2.12. The van der Waals surface area contributed by atoms with Crippen LogP contribution in [0.1, 0.15) is 13.3 Å². The summed E-state index contributed by atoms with van der Waals surface area (Å²) >= 11 is 0. The van der Waals surface area contributed by atoms with Crippen molar-refractivity contribution in [2.24, 2.45) is 0 Å². The number of methoxy groups -OCH3 is 1. The topological polar surface area (TPSA) is 27.7 Å². The zero-order valence-electron chi connectivity index (χ0n) is 6.63. The normalized spacial score (nSPS) is 13.5. The molecule has 0 saturated carbocycles. The van der Waals surface area contributed by atoms with Crippen molar-refractivity contribution in [3.63, 3.8) is 0 Å². The van der Waals surface area contributed by atoms with Crippen LogP contribution >= 0.6 is 0 Å². The van der Waals surface area contributed by atoms with Gasteiger partial charge in [-0.05, 0) is 13.3 Å². The van der Waals surface area contributed by atoms with Gasteiger partial charge in [0.15, 0.2) is 16.8 Å². The Morgan fingerprint density at radius 3 is 2.60 bits per heavy atom. The molecule has 10 heavy (non-hydrogen) atoms. The van der Waals surface area contributed by atoms with E-state index >= 15 is 0 Å². The zero-order chi connectivity index (χ0) is 7.82. The van der Waals surface area contributed by atoms with Gasteiger partial charge in [-0.2, -0.15) is 0 Å². The molecule has 61 valence electrons. The van der Waals surface area contributed by atoms with Crippen LogP contribution in [-0.4, -0.2) is 37.1 Å². The van der Waals surface area contributed by atoms with Crippen molar-refractivity contribution in [2.45, 2.75) is 19.6 Å². The first kappa shape index (κ1) is 10.1. The van der Waals surface area contributed by atoms with Crippen molar-refractivity contribution in [1.82, 2.24) is 0 Å². The van der Waals surface area contributed by atoms with E-state index in [2.05, 4.69) is 0 Å². The second-order valence-electron chi connectivity index (χ2n) is 1.94. The van der Waals surface area contributed by atoms with Crippen molar-refractivity contribution in [3.8, 4) is 0 Å². The van der Waals surface area contributed by atoms with Gasteiger partial charge in [0.05, 0.1) is 6.61 Å². The van der Waals surface area contributed by atoms with Gasteiger partial charge in [0.25, 0.3) is 0 Å². The van der Waals surface area contributed by atoms with Crippen LogP contribution in [0.4, 0.5) is 0 Å². The van der Waals surface area contributed by atoms with Gasteiger partial charge in [0.1, 0.15) is 0 Å². The van der Waals surface area contributed by atoms with Crippen LogP contribution in [0.25, 0.3) is 0 Å². The van der Waals surface area contributed by atoms with Gasteiger partial charge in [-0.3, -0.25) is 0 Å². The lowest BCUT2D eigenvalue weighted by molar-refractivity contribution is -0.112. The Morgan fingerprint density at radius 1 is 1.40 bits per heavy atom. The van der Waals surface area contributed by atoms with Crippen LogP contribution in [-0.2, 0) is 13.9 Å². The van der Waals surface area contributed by atoms with Crippen molar-refractivity contribution in [1.29, 1.82) is 0 Å². The minimum Gasteiger partial charge on any atom is -0.425 e. The van der Waals surface area contributed by atoms with Gasteiger partial charge in [-0.15, -0.1) is 0 Å². The molecule has 3 nitrogen and oxygen atoms in total. The maximum Gasteiger partial charge on any atom is 0.174 e. The Morgan fingerprint density at radius 2 is 2.10 bits per heavy atom. The van der Waals surface area contributed by atoms with Crippen LogP contribution in [0.3, 0.4) is 0 Å². The van der Waals surface area contributed by atoms with Crippen LogP contribution in [0.5, 0.6) is 0 Å². The quantitative estimate of drug-likeness (QED) is 0.312. The molecule has 0 aromatic carbocycles. The van der Waals surface area contributed by atoms with Gasteiger partial charge in [-0.1, -0.05) is 0 Å². The fourth-order valence-corrected chi connectivity index (χ4v) is 0.682. The van der Waals surface area contributed by atoms with Gasteiger partial charge >= 0.3 is 0 Å². The van der Waals surface area contributed by atoms with E-state index in [1.807, 2.05) is 6.92 Å². The fourth-order valence-electron chi connectivity index (χ4n) is 0.478. The Labute approximate surface area is 65.2 Å². The van der Waals surface area contributed by atoms with Crippen molar-refractivity contribution >= 4 is 10.5 Å². The van der Waals surface area contributed by atoms with E-state index in [9.17, 15) is 0 Å². The predicted molar refractivity (Wildman–Crippen MR) is 41.5 cm³/mol. The van der Waals surface area contributed by atoms with Gasteiger partial charge in [0.2, 0.25) is 0 Å². The molecule has 0 aliphatic heterocycles. The molecule has 0 spiro atoms. The van der Waals surface area contributed by atoms with Crippen LogP contribution in [0.2, 0.25) is 0 Å². The molecular weight excluding hydrogens is 148 g/mol. The maximum atomic E-state index is 5.19. The highest BCUT2D eigenvalue weighted by molar-refractivity contribution is 5.97. The molecule has 1 unspecified atom stereocenters. The fraction of sp³-hybridized carbons (Fsp3) is 1.00. The van der Waals surface area contributed by atoms with Crippen molar-refractivity contribution < 1.29 is 13.9 Å². The molecule has 0 N–H and O–H groups in total. The lowest BCUT2D eigenvalue weighted by atomic mass is 10.5. The average Bonchev–Trinajstić information content (AvgIpc) is 1.98. The smallest absolute Gasteiger partial charge is 0.174 e. The second-order valence-corrected chi connectivity index (χ2v) is 2.34. The minimum absolute atomic E-state index is 0.0979. The van der Waals surface area contributed by atoms with E-state index in [0.29, 0.717) is 6.61 Å². The largest absolute Gasteiger partial charge is 0.425 e. The van der Waals surface area contributed by atoms with E-state index in [-0.39, 0.29) is 6.29 Å². The monoisotopic (exact) mass is 163 g/mol. The third-order valence-electron chi connectivity index (χ3n) is 1.12. The summed E-state index contributed by atoms with van der Waals surface area (Å²) in [5, 5.41) is 0. The van der Waals surface area contributed by atoms with E-state index in [1.165, 1.54) is 10.5 Å². The molecule has 4 heteroatoms. The summed E-state index contributed by atoms with van der Waals surface area (Å²) in [6.07, 6.45) is 0.830. The first-order valence-electron chi connectivity index (χ1n) is 3.32. The van der Waals surface area contributed by atoms with E-state index in [4.69, 9.17) is 13.9 Å². The summed E-state index contributed by atoms with van der Waals surface area (Å²) in [4.78, 5) is 0. The SMILES string of the molecule is COC(C)OCCCO[SiH2]. The summed E-state index contributed by atoms with van der Waals surface area (Å²) in [6, 6.07) is 0. The lowest BCUT2D eigenvalue weighted by Gasteiger charge is -2.09. The average molecular weight is 163 g/mol. The third-order valence-corrected chi connectivity index (χ3v) is 1.41. The number of hydrogen-bond acceptors (Lipinski definition) is 3. The summed E-state index contributed by atoms with van der Waals surface area (Å²) in [6.45, 7) is 3.33. The Kier molecular flexibility index (Phi) is 7.28.